The van der Waals surface area contributed by atoms with Crippen LogP contribution >= 0.6 is 0 Å². The first-order valence-corrected chi connectivity index (χ1v) is 7.76. The molecule has 1 aromatic carbocycles. The molecular formula is C18H17N3O6. The van der Waals surface area contributed by atoms with Crippen molar-refractivity contribution in [3.8, 4) is 0 Å². The minimum atomic E-state index is -1.23. The number of nitro groups is 1. The van der Waals surface area contributed by atoms with Crippen molar-refractivity contribution in [1.29, 1.82) is 0 Å². The van der Waals surface area contributed by atoms with Gasteiger partial charge in [-0.05, 0) is 37.3 Å². The van der Waals surface area contributed by atoms with Crippen molar-refractivity contribution in [2.24, 2.45) is 0 Å². The first kappa shape index (κ1) is 19.6. The number of nitrogen functional groups attached to an aromatic ring is 1. The van der Waals surface area contributed by atoms with Crippen molar-refractivity contribution in [3.05, 3.63) is 64.0 Å². The Morgan fingerprint density at radius 2 is 1.96 bits per heavy atom. The summed E-state index contributed by atoms with van der Waals surface area (Å²) < 4.78 is 5.04. The minimum absolute atomic E-state index is 0.291. The SMILES string of the molecule is CC(O)C(=O)O.Nc1cc(/C=C/c2ccc([N+](=O)[O-])o2)nc2ccccc12. The molecule has 9 heteroatoms. The number of hydrogen-bond acceptors (Lipinski definition) is 7. The number of pyridine rings is 1. The Kier molecular flexibility index (Phi) is 6.23. The number of aliphatic carboxylic acids is 1. The smallest absolute Gasteiger partial charge is 0.433 e. The maximum Gasteiger partial charge on any atom is 0.433 e. The van der Waals surface area contributed by atoms with Crippen molar-refractivity contribution in [1.82, 2.24) is 4.98 Å². The number of anilines is 1. The quantitative estimate of drug-likeness (QED) is 0.467. The zero-order valence-corrected chi connectivity index (χ0v) is 14.3. The largest absolute Gasteiger partial charge is 0.479 e. The van der Waals surface area contributed by atoms with E-state index in [1.165, 1.54) is 19.1 Å². The van der Waals surface area contributed by atoms with Crippen LogP contribution in [0.5, 0.6) is 0 Å². The van der Waals surface area contributed by atoms with E-state index >= 15 is 0 Å². The van der Waals surface area contributed by atoms with Crippen molar-refractivity contribution >= 4 is 40.6 Å². The lowest BCUT2D eigenvalue weighted by molar-refractivity contribution is -0.402. The third-order valence-electron chi connectivity index (χ3n) is 3.34. The lowest BCUT2D eigenvalue weighted by atomic mass is 10.1. The number of nitrogens with two attached hydrogens (primary N) is 1. The van der Waals surface area contributed by atoms with Crippen molar-refractivity contribution in [3.63, 3.8) is 0 Å². The molecule has 0 amide bonds. The van der Waals surface area contributed by atoms with E-state index in [1.54, 1.807) is 18.2 Å². The molecule has 0 radical (unpaired) electrons. The number of hydrogen-bond donors (Lipinski definition) is 3. The average molecular weight is 371 g/mol. The fraction of sp³-hybridized carbons (Fsp3) is 0.111. The number of carboxylic acid groups (broad SMARTS) is 1. The van der Waals surface area contributed by atoms with E-state index in [2.05, 4.69) is 4.98 Å². The summed E-state index contributed by atoms with van der Waals surface area (Å²) in [5.74, 6) is -1.09. The Labute approximate surface area is 153 Å². The highest BCUT2D eigenvalue weighted by atomic mass is 16.6. The Balaban J connectivity index is 0.000000380. The van der Waals surface area contributed by atoms with Gasteiger partial charge in [0.25, 0.3) is 0 Å². The molecule has 0 spiro atoms. The molecule has 2 heterocycles. The molecule has 0 saturated heterocycles. The second-order valence-electron chi connectivity index (χ2n) is 5.43. The molecule has 3 aromatic rings. The summed E-state index contributed by atoms with van der Waals surface area (Å²) in [7, 11) is 0. The monoisotopic (exact) mass is 371 g/mol. The van der Waals surface area contributed by atoms with Gasteiger partial charge in [-0.2, -0.15) is 0 Å². The number of para-hydroxylation sites is 1. The van der Waals surface area contributed by atoms with Crippen LogP contribution in [-0.2, 0) is 4.79 Å². The predicted octanol–water partition coefficient (Wildman–Crippen LogP) is 2.94. The molecule has 0 fully saturated rings. The highest BCUT2D eigenvalue weighted by Crippen LogP contribution is 2.22. The molecule has 3 rings (SSSR count). The van der Waals surface area contributed by atoms with E-state index < -0.39 is 17.0 Å². The molecule has 0 aliphatic carbocycles. The standard InChI is InChI=1S/C15H11N3O3.C3H6O3/c16-13-9-10(17-14-4-2-1-3-12(13)14)5-6-11-7-8-15(21-11)18(19)20;1-2(4)3(5)6/h1-9H,(H2,16,17);2,4H,1H3,(H,5,6)/b6-5+;. The lowest BCUT2D eigenvalue weighted by Gasteiger charge is -2.02. The van der Waals surface area contributed by atoms with Crippen molar-refractivity contribution in [2.75, 3.05) is 5.73 Å². The summed E-state index contributed by atoms with van der Waals surface area (Å²) in [5, 5.41) is 27.2. The number of furan rings is 1. The third-order valence-corrected chi connectivity index (χ3v) is 3.34. The maximum atomic E-state index is 10.5. The van der Waals surface area contributed by atoms with Gasteiger partial charge >= 0.3 is 11.9 Å². The Morgan fingerprint density at radius 3 is 2.56 bits per heavy atom. The second-order valence-corrected chi connectivity index (χ2v) is 5.43. The van der Waals surface area contributed by atoms with Crippen LogP contribution in [0.3, 0.4) is 0 Å². The van der Waals surface area contributed by atoms with Crippen LogP contribution in [-0.4, -0.2) is 32.2 Å². The number of carboxylic acids is 1. The number of carbonyl (C=O) groups is 1. The number of rotatable bonds is 4. The molecule has 0 aliphatic rings. The van der Waals surface area contributed by atoms with Gasteiger partial charge in [-0.25, -0.2) is 9.78 Å². The number of fused-ring (bicyclic) bond motifs is 1. The van der Waals surface area contributed by atoms with Crippen LogP contribution in [0.4, 0.5) is 11.6 Å². The summed E-state index contributed by atoms with van der Waals surface area (Å²) in [6, 6.07) is 12.1. The van der Waals surface area contributed by atoms with Crippen LogP contribution < -0.4 is 5.73 Å². The number of benzene rings is 1. The van der Waals surface area contributed by atoms with Gasteiger partial charge < -0.3 is 20.4 Å². The van der Waals surface area contributed by atoms with Gasteiger partial charge in [0.2, 0.25) is 0 Å². The average Bonchev–Trinajstić information content (AvgIpc) is 3.10. The highest BCUT2D eigenvalue weighted by Gasteiger charge is 2.10. The third kappa shape index (κ3) is 5.38. The summed E-state index contributed by atoms with van der Waals surface area (Å²) in [6.45, 7) is 1.20. The topological polar surface area (TPSA) is 153 Å². The van der Waals surface area contributed by atoms with Crippen LogP contribution in [0.15, 0.2) is 46.9 Å². The van der Waals surface area contributed by atoms with E-state index in [9.17, 15) is 14.9 Å². The normalized spacial score (nSPS) is 11.8. The molecule has 0 bridgehead atoms. The van der Waals surface area contributed by atoms with Gasteiger partial charge in [-0.1, -0.05) is 18.2 Å². The van der Waals surface area contributed by atoms with E-state index in [-0.39, 0.29) is 5.88 Å². The number of aliphatic hydroxyl groups is 1. The molecule has 1 atom stereocenters. The van der Waals surface area contributed by atoms with Crippen LogP contribution in [0.2, 0.25) is 0 Å². The number of aromatic nitrogens is 1. The molecule has 9 nitrogen and oxygen atoms in total. The maximum absolute atomic E-state index is 10.5. The summed E-state index contributed by atoms with van der Waals surface area (Å²) in [6.07, 6.45) is 2.08. The summed E-state index contributed by atoms with van der Waals surface area (Å²) >= 11 is 0. The number of aliphatic hydroxyl groups excluding tert-OH is 1. The first-order chi connectivity index (χ1) is 12.8. The van der Waals surface area contributed by atoms with Crippen LogP contribution in [0.1, 0.15) is 18.4 Å². The molecule has 2 aromatic heterocycles. The molecule has 0 saturated carbocycles. The zero-order valence-electron chi connectivity index (χ0n) is 14.3. The number of nitrogens with zero attached hydrogens (tertiary/aromatic N) is 2. The Morgan fingerprint density at radius 1 is 1.30 bits per heavy atom. The van der Waals surface area contributed by atoms with Gasteiger partial charge in [-0.3, -0.25) is 10.1 Å². The fourth-order valence-electron chi connectivity index (χ4n) is 2.01. The summed E-state index contributed by atoms with van der Waals surface area (Å²) in [5.41, 5.74) is 8.07. The van der Waals surface area contributed by atoms with E-state index in [0.717, 1.165) is 10.9 Å². The Hall–Kier alpha value is -3.72. The summed E-state index contributed by atoms with van der Waals surface area (Å²) in [4.78, 5) is 23.9. The molecule has 1 unspecified atom stereocenters. The van der Waals surface area contributed by atoms with Gasteiger partial charge in [0.15, 0.2) is 0 Å². The van der Waals surface area contributed by atoms with Gasteiger partial charge in [0.05, 0.1) is 17.3 Å². The molecule has 0 aliphatic heterocycles. The van der Waals surface area contributed by atoms with Gasteiger partial charge in [0.1, 0.15) is 16.8 Å². The minimum Gasteiger partial charge on any atom is -0.479 e. The molecule has 4 N–H and O–H groups in total. The fourth-order valence-corrected chi connectivity index (χ4v) is 2.01. The van der Waals surface area contributed by atoms with Crippen molar-refractivity contribution < 1.29 is 24.3 Å². The zero-order chi connectivity index (χ0) is 20.0. The highest BCUT2D eigenvalue weighted by molar-refractivity contribution is 5.91. The molecule has 140 valence electrons. The van der Waals surface area contributed by atoms with Gasteiger partial charge in [-0.15, -0.1) is 0 Å². The molecular weight excluding hydrogens is 354 g/mol. The predicted molar refractivity (Wildman–Crippen MR) is 99.8 cm³/mol. The van der Waals surface area contributed by atoms with Crippen LogP contribution in [0.25, 0.3) is 23.1 Å². The van der Waals surface area contributed by atoms with Crippen LogP contribution in [0, 0.1) is 10.1 Å². The Bertz CT molecular complexity index is 994. The van der Waals surface area contributed by atoms with E-state index in [1.807, 2.05) is 24.3 Å². The van der Waals surface area contributed by atoms with Gasteiger partial charge in [0, 0.05) is 11.1 Å². The van der Waals surface area contributed by atoms with Crippen molar-refractivity contribution in [2.45, 2.75) is 13.0 Å². The first-order valence-electron chi connectivity index (χ1n) is 7.76. The van der Waals surface area contributed by atoms with E-state index in [4.69, 9.17) is 20.4 Å². The van der Waals surface area contributed by atoms with E-state index in [0.29, 0.717) is 17.1 Å². The second kappa shape index (κ2) is 8.59. The lowest BCUT2D eigenvalue weighted by Crippen LogP contribution is -2.13. The molecule has 27 heavy (non-hydrogen) atoms.